The lowest BCUT2D eigenvalue weighted by molar-refractivity contribution is -0.384. The zero-order valence-electron chi connectivity index (χ0n) is 17.2. The second kappa shape index (κ2) is 8.88. The van der Waals surface area contributed by atoms with Crippen molar-refractivity contribution < 1.29 is 22.5 Å². The van der Waals surface area contributed by atoms with Crippen molar-refractivity contribution in [1.82, 2.24) is 4.90 Å². The van der Waals surface area contributed by atoms with Gasteiger partial charge in [-0.2, -0.15) is 0 Å². The molecular formula is C20H23FN4O5S. The van der Waals surface area contributed by atoms with Crippen molar-refractivity contribution in [3.05, 3.63) is 64.0 Å². The van der Waals surface area contributed by atoms with Crippen LogP contribution in [0.2, 0.25) is 0 Å². The van der Waals surface area contributed by atoms with Crippen molar-refractivity contribution in [2.75, 3.05) is 48.2 Å². The topological polar surface area (TPSA) is 104 Å². The molecule has 1 amide bonds. The molecule has 0 saturated carbocycles. The Morgan fingerprint density at radius 2 is 1.81 bits per heavy atom. The number of nitrogens with zero attached hydrogens (tertiary/aromatic N) is 4. The molecule has 1 fully saturated rings. The van der Waals surface area contributed by atoms with Crippen LogP contribution >= 0.6 is 0 Å². The van der Waals surface area contributed by atoms with Gasteiger partial charge in [0.1, 0.15) is 12.4 Å². The van der Waals surface area contributed by atoms with Crippen LogP contribution in [0.3, 0.4) is 0 Å². The van der Waals surface area contributed by atoms with Crippen LogP contribution < -0.4 is 9.21 Å². The van der Waals surface area contributed by atoms with Crippen LogP contribution in [0.1, 0.15) is 5.56 Å². The van der Waals surface area contributed by atoms with E-state index in [1.54, 1.807) is 25.1 Å². The number of carbonyl (C=O) groups excluding carboxylic acids is 1. The summed E-state index contributed by atoms with van der Waals surface area (Å²) in [5.41, 5.74) is 0.781. The van der Waals surface area contributed by atoms with Gasteiger partial charge in [0.15, 0.2) is 0 Å². The Bertz CT molecular complexity index is 1100. The van der Waals surface area contributed by atoms with Gasteiger partial charge in [-0.15, -0.1) is 0 Å². The highest BCUT2D eigenvalue weighted by atomic mass is 32.2. The predicted octanol–water partition coefficient (Wildman–Crippen LogP) is 2.16. The number of hydrogen-bond acceptors (Lipinski definition) is 6. The summed E-state index contributed by atoms with van der Waals surface area (Å²) in [7, 11) is -3.87. The smallest absolute Gasteiger partial charge is 0.271 e. The van der Waals surface area contributed by atoms with Crippen LogP contribution in [-0.2, 0) is 14.8 Å². The van der Waals surface area contributed by atoms with Crippen molar-refractivity contribution >= 4 is 33.0 Å². The number of para-hydroxylation sites is 1. The van der Waals surface area contributed by atoms with E-state index >= 15 is 0 Å². The first-order valence-corrected chi connectivity index (χ1v) is 11.4. The van der Waals surface area contributed by atoms with Crippen LogP contribution in [0.25, 0.3) is 0 Å². The normalized spacial score (nSPS) is 14.4. The Morgan fingerprint density at radius 3 is 2.39 bits per heavy atom. The number of sulfonamides is 1. The highest BCUT2D eigenvalue weighted by Crippen LogP contribution is 2.28. The van der Waals surface area contributed by atoms with Gasteiger partial charge in [-0.1, -0.05) is 18.2 Å². The van der Waals surface area contributed by atoms with E-state index in [0.717, 1.165) is 16.6 Å². The van der Waals surface area contributed by atoms with Crippen LogP contribution in [0, 0.1) is 22.9 Å². The number of halogens is 1. The van der Waals surface area contributed by atoms with E-state index in [2.05, 4.69) is 0 Å². The highest BCUT2D eigenvalue weighted by Gasteiger charge is 2.28. The molecule has 1 heterocycles. The number of non-ortho nitro benzene ring substituents is 1. The molecule has 0 radical (unpaired) electrons. The molecule has 1 aliphatic rings. The molecule has 1 aliphatic heterocycles. The number of piperazine rings is 1. The Labute approximate surface area is 179 Å². The van der Waals surface area contributed by atoms with E-state index in [1.807, 2.05) is 4.90 Å². The van der Waals surface area contributed by atoms with E-state index in [4.69, 9.17) is 0 Å². The Hall–Kier alpha value is -3.21. The minimum Gasteiger partial charge on any atom is -0.366 e. The SMILES string of the molecule is Cc1ccc([N+](=O)[O-])cc1N(CC(=O)N1CCN(c2ccccc2F)CC1)S(C)(=O)=O. The maximum Gasteiger partial charge on any atom is 0.271 e. The zero-order valence-corrected chi connectivity index (χ0v) is 18.0. The first-order valence-electron chi connectivity index (χ1n) is 9.58. The quantitative estimate of drug-likeness (QED) is 0.493. The van der Waals surface area contributed by atoms with E-state index in [0.29, 0.717) is 37.4 Å². The largest absolute Gasteiger partial charge is 0.366 e. The average molecular weight is 450 g/mol. The van der Waals surface area contributed by atoms with Crippen LogP contribution in [0.15, 0.2) is 42.5 Å². The summed E-state index contributed by atoms with van der Waals surface area (Å²) >= 11 is 0. The summed E-state index contributed by atoms with van der Waals surface area (Å²) in [6.45, 7) is 2.57. The maximum atomic E-state index is 14.0. The Morgan fingerprint density at radius 1 is 1.16 bits per heavy atom. The first kappa shape index (κ1) is 22.5. The zero-order chi connectivity index (χ0) is 22.8. The van der Waals surface area contributed by atoms with Crippen molar-refractivity contribution in [1.29, 1.82) is 0 Å². The number of nitro benzene ring substituents is 1. The molecule has 2 aromatic carbocycles. The lowest BCUT2D eigenvalue weighted by Gasteiger charge is -2.37. The second-order valence-corrected chi connectivity index (χ2v) is 9.22. The first-order chi connectivity index (χ1) is 14.6. The van der Waals surface area contributed by atoms with Gasteiger partial charge in [-0.3, -0.25) is 19.2 Å². The molecule has 3 rings (SSSR count). The molecule has 0 aromatic heterocycles. The Balaban J connectivity index is 1.75. The molecule has 11 heteroatoms. The van der Waals surface area contributed by atoms with Gasteiger partial charge in [-0.25, -0.2) is 12.8 Å². The monoisotopic (exact) mass is 450 g/mol. The Kier molecular flexibility index (Phi) is 6.44. The van der Waals surface area contributed by atoms with E-state index in [9.17, 15) is 27.7 Å². The number of nitro groups is 1. The molecule has 9 nitrogen and oxygen atoms in total. The fourth-order valence-electron chi connectivity index (χ4n) is 3.49. The molecule has 0 atom stereocenters. The minimum atomic E-state index is -3.87. The predicted molar refractivity (Wildman–Crippen MR) is 115 cm³/mol. The lowest BCUT2D eigenvalue weighted by atomic mass is 10.2. The number of hydrogen-bond donors (Lipinski definition) is 0. The number of anilines is 2. The number of benzene rings is 2. The van der Waals surface area contributed by atoms with Crippen LogP contribution in [0.4, 0.5) is 21.5 Å². The van der Waals surface area contributed by atoms with Crippen molar-refractivity contribution in [2.45, 2.75) is 6.92 Å². The third kappa shape index (κ3) is 5.10. The summed E-state index contributed by atoms with van der Waals surface area (Å²) in [6, 6.07) is 10.3. The number of aryl methyl sites for hydroxylation is 1. The van der Waals surface area contributed by atoms with Gasteiger partial charge in [0, 0.05) is 38.3 Å². The molecular weight excluding hydrogens is 427 g/mol. The fraction of sp³-hybridized carbons (Fsp3) is 0.350. The summed E-state index contributed by atoms with van der Waals surface area (Å²) in [5.74, 6) is -0.767. The average Bonchev–Trinajstić information content (AvgIpc) is 2.72. The molecule has 31 heavy (non-hydrogen) atoms. The minimum absolute atomic E-state index is 0.0926. The number of rotatable bonds is 6. The lowest BCUT2D eigenvalue weighted by Crippen LogP contribution is -2.52. The van der Waals surface area contributed by atoms with Crippen LogP contribution in [0.5, 0.6) is 0 Å². The number of carbonyl (C=O) groups is 1. The van der Waals surface area contributed by atoms with Crippen molar-refractivity contribution in [3.63, 3.8) is 0 Å². The highest BCUT2D eigenvalue weighted by molar-refractivity contribution is 7.92. The summed E-state index contributed by atoms with van der Waals surface area (Å²) in [6.07, 6.45) is 0.953. The molecule has 0 spiro atoms. The molecule has 1 saturated heterocycles. The van der Waals surface area contributed by atoms with E-state index < -0.39 is 27.4 Å². The third-order valence-electron chi connectivity index (χ3n) is 5.18. The molecule has 0 unspecified atom stereocenters. The fourth-order valence-corrected chi connectivity index (χ4v) is 4.39. The van der Waals surface area contributed by atoms with Gasteiger partial charge in [-0.05, 0) is 24.6 Å². The number of amides is 1. The molecule has 0 bridgehead atoms. The molecule has 0 N–H and O–H groups in total. The second-order valence-electron chi connectivity index (χ2n) is 7.32. The standard InChI is InChI=1S/C20H23FN4O5S/c1-15-7-8-16(25(27)28)13-19(15)24(31(2,29)30)14-20(26)23-11-9-22(10-12-23)18-6-4-3-5-17(18)21/h3-8,13H,9-12,14H2,1-2H3. The van der Waals surface area contributed by atoms with Gasteiger partial charge < -0.3 is 9.80 Å². The summed E-state index contributed by atoms with van der Waals surface area (Å²) < 4.78 is 39.7. The molecule has 166 valence electrons. The molecule has 0 aliphatic carbocycles. The maximum absolute atomic E-state index is 14.0. The third-order valence-corrected chi connectivity index (χ3v) is 6.30. The van der Waals surface area contributed by atoms with Gasteiger partial charge >= 0.3 is 0 Å². The van der Waals surface area contributed by atoms with E-state index in [1.165, 1.54) is 23.1 Å². The van der Waals surface area contributed by atoms with Crippen molar-refractivity contribution in [2.24, 2.45) is 0 Å². The molecule has 2 aromatic rings. The van der Waals surface area contributed by atoms with Gasteiger partial charge in [0.25, 0.3) is 5.69 Å². The van der Waals surface area contributed by atoms with Crippen molar-refractivity contribution in [3.8, 4) is 0 Å². The van der Waals surface area contributed by atoms with E-state index in [-0.39, 0.29) is 17.2 Å². The van der Waals surface area contributed by atoms with Gasteiger partial charge in [0.2, 0.25) is 15.9 Å². The van der Waals surface area contributed by atoms with Gasteiger partial charge in [0.05, 0.1) is 22.6 Å². The summed E-state index contributed by atoms with van der Waals surface area (Å²) in [4.78, 5) is 26.7. The summed E-state index contributed by atoms with van der Waals surface area (Å²) in [5, 5.41) is 11.1. The van der Waals surface area contributed by atoms with Crippen LogP contribution in [-0.4, -0.2) is 63.1 Å².